The highest BCUT2D eigenvalue weighted by atomic mass is 32.1. The van der Waals surface area contributed by atoms with Crippen LogP contribution in [-0.2, 0) is 20.1 Å². The van der Waals surface area contributed by atoms with Gasteiger partial charge in [-0.15, -0.1) is 0 Å². The maximum Gasteiger partial charge on any atom is 0.493 e. The number of hydroxylamine groups is 1. The summed E-state index contributed by atoms with van der Waals surface area (Å²) in [6.45, 7) is 13.7. The second-order valence-electron chi connectivity index (χ2n) is 10.2. The van der Waals surface area contributed by atoms with Crippen LogP contribution in [0.4, 0.5) is 0 Å². The lowest BCUT2D eigenvalue weighted by atomic mass is 9.74. The highest BCUT2D eigenvalue weighted by molar-refractivity contribution is 7.80. The molecule has 0 saturated carbocycles. The molecule has 7 heteroatoms. The average molecular weight is 458 g/mol. The lowest BCUT2D eigenvalue weighted by Crippen LogP contribution is -2.25. The van der Waals surface area contributed by atoms with Gasteiger partial charge in [-0.1, -0.05) is 90.5 Å². The Labute approximate surface area is 188 Å². The van der Waals surface area contributed by atoms with Crippen LogP contribution in [0.2, 0.25) is 0 Å². The number of phosphoric acid groups is 1. The molecule has 2 atom stereocenters. The molecule has 0 saturated heterocycles. The van der Waals surface area contributed by atoms with Crippen molar-refractivity contribution < 1.29 is 18.6 Å². The van der Waals surface area contributed by atoms with E-state index in [4.69, 9.17) is 21.4 Å². The van der Waals surface area contributed by atoms with Gasteiger partial charge in [0.1, 0.15) is 4.99 Å². The summed E-state index contributed by atoms with van der Waals surface area (Å²) < 4.78 is 21.9. The second-order valence-corrected chi connectivity index (χ2v) is 12.1. The van der Waals surface area contributed by atoms with E-state index in [1.807, 2.05) is 30.3 Å². The third-order valence-corrected chi connectivity index (χ3v) is 6.31. The zero-order valence-electron chi connectivity index (χ0n) is 19.4. The molecule has 1 aromatic rings. The Hall–Kier alpha value is -0.780. The molecule has 30 heavy (non-hydrogen) atoms. The van der Waals surface area contributed by atoms with Crippen molar-refractivity contribution in [2.45, 2.75) is 80.1 Å². The van der Waals surface area contributed by atoms with E-state index in [0.717, 1.165) is 18.4 Å². The van der Waals surface area contributed by atoms with Crippen molar-refractivity contribution in [3.63, 3.8) is 0 Å². The van der Waals surface area contributed by atoms with E-state index in [-0.39, 0.29) is 12.0 Å². The molecule has 0 aliphatic heterocycles. The summed E-state index contributed by atoms with van der Waals surface area (Å²) in [5, 5.41) is 0. The van der Waals surface area contributed by atoms with Crippen LogP contribution in [0.5, 0.6) is 0 Å². The van der Waals surface area contributed by atoms with E-state index in [1.54, 1.807) is 0 Å². The van der Waals surface area contributed by atoms with Crippen LogP contribution in [0.15, 0.2) is 30.3 Å². The summed E-state index contributed by atoms with van der Waals surface area (Å²) in [6.07, 6.45) is 5.57. The molecular weight excluding hydrogens is 417 g/mol. The monoisotopic (exact) mass is 457 g/mol. The molecule has 1 aromatic carbocycles. The molecule has 0 fully saturated rings. The van der Waals surface area contributed by atoms with Crippen molar-refractivity contribution >= 4 is 25.0 Å². The van der Waals surface area contributed by atoms with Crippen molar-refractivity contribution in [1.29, 1.82) is 0 Å². The lowest BCUT2D eigenvalue weighted by Gasteiger charge is -2.32. The highest BCUT2D eigenvalue weighted by Gasteiger charge is 2.26. The Morgan fingerprint density at radius 2 is 1.77 bits per heavy atom. The maximum atomic E-state index is 12.0. The summed E-state index contributed by atoms with van der Waals surface area (Å²) in [5.74, 6) is 0.516. The zero-order valence-corrected chi connectivity index (χ0v) is 21.2. The molecule has 0 aliphatic rings. The van der Waals surface area contributed by atoms with Gasteiger partial charge in [0, 0.05) is 6.42 Å². The van der Waals surface area contributed by atoms with Crippen LogP contribution in [0.25, 0.3) is 0 Å². The smallest absolute Gasteiger partial charge is 0.301 e. The summed E-state index contributed by atoms with van der Waals surface area (Å²) >= 11 is 5.30. The van der Waals surface area contributed by atoms with Gasteiger partial charge < -0.3 is 4.89 Å². The van der Waals surface area contributed by atoms with Gasteiger partial charge in [-0.3, -0.25) is 4.52 Å². The van der Waals surface area contributed by atoms with Gasteiger partial charge in [0.2, 0.25) is 0 Å². The van der Waals surface area contributed by atoms with Gasteiger partial charge in [-0.2, -0.15) is 4.62 Å². The minimum atomic E-state index is -4.20. The number of hydrogen-bond donors (Lipinski definition) is 2. The van der Waals surface area contributed by atoms with E-state index in [2.05, 4.69) is 47.0 Å². The number of nitrogens with one attached hydrogen (secondary N) is 1. The molecule has 0 heterocycles. The first-order valence-corrected chi connectivity index (χ1v) is 12.7. The molecule has 0 aromatic heterocycles. The van der Waals surface area contributed by atoms with Crippen molar-refractivity contribution in [2.24, 2.45) is 16.7 Å². The molecule has 2 N–H and O–H groups in total. The number of phosphoric ester groups is 1. The Kier molecular flexibility index (Phi) is 11.2. The molecule has 0 amide bonds. The van der Waals surface area contributed by atoms with Gasteiger partial charge in [0.05, 0.1) is 6.61 Å². The SMILES string of the molecule is CC(C)(C)CCCC(CCC(=S)NOP(=O)(O)OCCc1ccccc1)C(C)(C)C. The predicted molar refractivity (Wildman–Crippen MR) is 128 cm³/mol. The van der Waals surface area contributed by atoms with Gasteiger partial charge >= 0.3 is 7.82 Å². The molecule has 0 radical (unpaired) electrons. The molecule has 1 rings (SSSR count). The summed E-state index contributed by atoms with van der Waals surface area (Å²) in [7, 11) is -4.20. The summed E-state index contributed by atoms with van der Waals surface area (Å²) in [5.41, 5.74) is 4.01. The highest BCUT2D eigenvalue weighted by Crippen LogP contribution is 2.42. The standard InChI is InChI=1S/C23H40NO4PS/c1-22(2,3)17-10-13-20(23(4,5)6)14-15-21(30)24-28-29(25,26)27-18-16-19-11-8-7-9-12-19/h7-9,11-12,20H,10,13-18H2,1-6H3,(H,24,30)(H,25,26). The Morgan fingerprint density at radius 3 is 2.33 bits per heavy atom. The Bertz CT molecular complexity index is 683. The largest absolute Gasteiger partial charge is 0.493 e. The van der Waals surface area contributed by atoms with Crippen molar-refractivity contribution in [2.75, 3.05) is 6.61 Å². The lowest BCUT2D eigenvalue weighted by molar-refractivity contribution is 0.125. The van der Waals surface area contributed by atoms with Crippen LogP contribution in [0.1, 0.15) is 79.2 Å². The van der Waals surface area contributed by atoms with Crippen molar-refractivity contribution in [1.82, 2.24) is 5.48 Å². The number of rotatable bonds is 12. The minimum Gasteiger partial charge on any atom is -0.301 e. The number of hydrogen-bond acceptors (Lipinski definition) is 4. The van der Waals surface area contributed by atoms with Gasteiger partial charge in [0.15, 0.2) is 0 Å². The Morgan fingerprint density at radius 1 is 1.13 bits per heavy atom. The van der Waals surface area contributed by atoms with E-state index in [1.165, 1.54) is 12.8 Å². The number of thiocarbonyl (C=S) groups is 1. The average Bonchev–Trinajstić information content (AvgIpc) is 2.61. The van der Waals surface area contributed by atoms with E-state index in [0.29, 0.717) is 29.2 Å². The van der Waals surface area contributed by atoms with Crippen molar-refractivity contribution in [3.05, 3.63) is 35.9 Å². The predicted octanol–water partition coefficient (Wildman–Crippen LogP) is 6.85. The van der Waals surface area contributed by atoms with Crippen LogP contribution in [0.3, 0.4) is 0 Å². The van der Waals surface area contributed by atoms with Crippen LogP contribution >= 0.6 is 20.0 Å². The second kappa shape index (κ2) is 12.3. The normalized spacial score (nSPS) is 15.4. The first-order chi connectivity index (χ1) is 13.8. The van der Waals surface area contributed by atoms with E-state index in [9.17, 15) is 9.46 Å². The number of benzene rings is 1. The topological polar surface area (TPSA) is 67.8 Å². The van der Waals surface area contributed by atoms with Crippen molar-refractivity contribution in [3.8, 4) is 0 Å². The fraction of sp³-hybridized carbons (Fsp3) is 0.696. The molecule has 2 unspecified atom stereocenters. The molecule has 0 spiro atoms. The van der Waals surface area contributed by atoms with Gasteiger partial charge in [-0.25, -0.2) is 10.0 Å². The fourth-order valence-electron chi connectivity index (χ4n) is 3.30. The summed E-state index contributed by atoms with van der Waals surface area (Å²) in [6, 6.07) is 9.63. The van der Waals surface area contributed by atoms with E-state index < -0.39 is 7.82 Å². The molecule has 0 aliphatic carbocycles. The maximum absolute atomic E-state index is 12.0. The Balaban J connectivity index is 2.37. The molecule has 5 nitrogen and oxygen atoms in total. The molecular formula is C23H40NO4PS. The van der Waals surface area contributed by atoms with Crippen LogP contribution < -0.4 is 5.48 Å². The van der Waals surface area contributed by atoms with Crippen LogP contribution in [0, 0.1) is 16.7 Å². The molecule has 0 bridgehead atoms. The van der Waals surface area contributed by atoms with Crippen LogP contribution in [-0.4, -0.2) is 16.5 Å². The molecule has 172 valence electrons. The zero-order chi connectivity index (χ0) is 22.8. The third-order valence-electron chi connectivity index (χ3n) is 5.19. The van der Waals surface area contributed by atoms with E-state index >= 15 is 0 Å². The first kappa shape index (κ1) is 27.3. The van der Waals surface area contributed by atoms with Gasteiger partial charge in [-0.05, 0) is 48.0 Å². The quantitative estimate of drug-likeness (QED) is 0.203. The first-order valence-electron chi connectivity index (χ1n) is 10.8. The summed E-state index contributed by atoms with van der Waals surface area (Å²) in [4.78, 5) is 10.2. The minimum absolute atomic E-state index is 0.0894. The fourth-order valence-corrected chi connectivity index (χ4v) is 4.13. The van der Waals surface area contributed by atoms with Gasteiger partial charge in [0.25, 0.3) is 0 Å². The third kappa shape index (κ3) is 12.8.